The number of rotatable bonds is 6. The summed E-state index contributed by atoms with van der Waals surface area (Å²) in [4.78, 5) is 13.1. The molecule has 0 spiro atoms. The van der Waals surface area contributed by atoms with Gasteiger partial charge in [-0.05, 0) is 36.4 Å². The molecule has 0 aliphatic heterocycles. The Morgan fingerprint density at radius 2 is 2.05 bits per heavy atom. The molecule has 22 heavy (non-hydrogen) atoms. The number of amides is 2. The highest BCUT2D eigenvalue weighted by molar-refractivity contribution is 7.09. The molecule has 0 aliphatic rings. The summed E-state index contributed by atoms with van der Waals surface area (Å²) in [7, 11) is 0. The molecule has 0 fully saturated rings. The van der Waals surface area contributed by atoms with Crippen LogP contribution >= 0.6 is 11.3 Å². The molecule has 1 aromatic carbocycles. The van der Waals surface area contributed by atoms with E-state index in [0.717, 1.165) is 17.5 Å². The molecule has 2 atom stereocenters. The van der Waals surface area contributed by atoms with Gasteiger partial charge in [0.15, 0.2) is 0 Å². The van der Waals surface area contributed by atoms with Crippen LogP contribution in [0.2, 0.25) is 0 Å². The highest BCUT2D eigenvalue weighted by Crippen LogP contribution is 2.16. The number of hydrogen-bond donors (Lipinski definition) is 3. The highest BCUT2D eigenvalue weighted by Gasteiger charge is 2.13. The van der Waals surface area contributed by atoms with Gasteiger partial charge in [0.2, 0.25) is 0 Å². The van der Waals surface area contributed by atoms with Gasteiger partial charge in [-0.3, -0.25) is 0 Å². The number of carbonyl (C=O) groups is 1. The Kier molecular flexibility index (Phi) is 5.98. The molecule has 118 valence electrons. The number of thiophene rings is 1. The van der Waals surface area contributed by atoms with Crippen LogP contribution in [-0.4, -0.2) is 23.7 Å². The maximum Gasteiger partial charge on any atom is 0.315 e. The first kappa shape index (κ1) is 16.5. The zero-order chi connectivity index (χ0) is 15.9. The van der Waals surface area contributed by atoms with E-state index in [2.05, 4.69) is 16.7 Å². The smallest absolute Gasteiger partial charge is 0.315 e. The quantitative estimate of drug-likeness (QED) is 0.767. The van der Waals surface area contributed by atoms with Gasteiger partial charge in [0.1, 0.15) is 0 Å². The number of carbonyl (C=O) groups excluding carboxylic acids is 1. The van der Waals surface area contributed by atoms with Crippen molar-refractivity contribution in [3.05, 3.63) is 57.8 Å². The van der Waals surface area contributed by atoms with E-state index in [4.69, 9.17) is 0 Å². The van der Waals surface area contributed by atoms with Crippen molar-refractivity contribution in [2.75, 3.05) is 6.54 Å². The number of hydrogen-bond acceptors (Lipinski definition) is 3. The molecule has 0 saturated heterocycles. The van der Waals surface area contributed by atoms with Crippen molar-refractivity contribution in [2.24, 2.45) is 0 Å². The first-order valence-electron chi connectivity index (χ1n) is 7.36. The third-order valence-corrected chi connectivity index (χ3v) is 4.37. The van der Waals surface area contributed by atoms with Gasteiger partial charge in [-0.15, -0.1) is 11.3 Å². The zero-order valence-corrected chi connectivity index (χ0v) is 13.7. The van der Waals surface area contributed by atoms with Crippen LogP contribution in [0.4, 0.5) is 4.79 Å². The van der Waals surface area contributed by atoms with Crippen LogP contribution in [-0.2, 0) is 6.42 Å². The SMILES string of the molecule is Cc1ccccc1C(O)CNC(=O)NC(C)Cc1cccs1. The van der Waals surface area contributed by atoms with Crippen molar-refractivity contribution in [1.29, 1.82) is 0 Å². The van der Waals surface area contributed by atoms with E-state index in [9.17, 15) is 9.90 Å². The van der Waals surface area contributed by atoms with Crippen molar-refractivity contribution in [1.82, 2.24) is 10.6 Å². The summed E-state index contributed by atoms with van der Waals surface area (Å²) in [5.74, 6) is 0. The summed E-state index contributed by atoms with van der Waals surface area (Å²) in [5, 5.41) is 17.8. The zero-order valence-electron chi connectivity index (χ0n) is 12.9. The van der Waals surface area contributed by atoms with E-state index in [1.165, 1.54) is 4.88 Å². The molecular formula is C17H22N2O2S. The number of nitrogens with one attached hydrogen (secondary N) is 2. The van der Waals surface area contributed by atoms with Gasteiger partial charge in [-0.2, -0.15) is 0 Å². The maximum atomic E-state index is 11.9. The predicted octanol–water partition coefficient (Wildman–Crippen LogP) is 3.02. The Bertz CT molecular complexity index is 598. The lowest BCUT2D eigenvalue weighted by Crippen LogP contribution is -2.43. The normalized spacial score (nSPS) is 13.4. The Morgan fingerprint density at radius 1 is 1.27 bits per heavy atom. The minimum Gasteiger partial charge on any atom is -0.387 e. The molecule has 0 radical (unpaired) electrons. The molecule has 2 unspecified atom stereocenters. The van der Waals surface area contributed by atoms with Crippen LogP contribution < -0.4 is 10.6 Å². The molecule has 2 amide bonds. The van der Waals surface area contributed by atoms with Crippen LogP contribution in [0.15, 0.2) is 41.8 Å². The summed E-state index contributed by atoms with van der Waals surface area (Å²) in [5.41, 5.74) is 1.86. The van der Waals surface area contributed by atoms with Crippen molar-refractivity contribution >= 4 is 17.4 Å². The molecule has 2 rings (SSSR count). The van der Waals surface area contributed by atoms with Gasteiger partial charge >= 0.3 is 6.03 Å². The second-order valence-electron chi connectivity index (χ2n) is 5.41. The number of aliphatic hydroxyl groups excluding tert-OH is 1. The van der Waals surface area contributed by atoms with E-state index >= 15 is 0 Å². The van der Waals surface area contributed by atoms with Crippen LogP contribution in [0, 0.1) is 6.92 Å². The molecule has 1 aromatic heterocycles. The van der Waals surface area contributed by atoms with E-state index in [1.807, 2.05) is 49.6 Å². The molecule has 1 heterocycles. The minimum atomic E-state index is -0.695. The molecule has 3 N–H and O–H groups in total. The van der Waals surface area contributed by atoms with Gasteiger partial charge in [0.05, 0.1) is 6.10 Å². The van der Waals surface area contributed by atoms with Gasteiger partial charge in [-0.25, -0.2) is 4.79 Å². The second-order valence-corrected chi connectivity index (χ2v) is 6.44. The third-order valence-electron chi connectivity index (χ3n) is 3.47. The van der Waals surface area contributed by atoms with Crippen LogP contribution in [0.5, 0.6) is 0 Å². The molecule has 5 heteroatoms. The molecule has 4 nitrogen and oxygen atoms in total. The number of benzene rings is 1. The molecule has 0 aliphatic carbocycles. The topological polar surface area (TPSA) is 61.4 Å². The lowest BCUT2D eigenvalue weighted by molar-refractivity contribution is 0.172. The van der Waals surface area contributed by atoms with Crippen LogP contribution in [0.25, 0.3) is 0 Å². The molecular weight excluding hydrogens is 296 g/mol. The van der Waals surface area contributed by atoms with Gasteiger partial charge in [0.25, 0.3) is 0 Å². The fraction of sp³-hybridized carbons (Fsp3) is 0.353. The summed E-state index contributed by atoms with van der Waals surface area (Å²) in [6.45, 7) is 4.11. The molecule has 0 saturated carbocycles. The van der Waals surface area contributed by atoms with Crippen LogP contribution in [0.1, 0.15) is 29.0 Å². The predicted molar refractivity (Wildman–Crippen MR) is 90.2 cm³/mol. The first-order valence-corrected chi connectivity index (χ1v) is 8.24. The van der Waals surface area contributed by atoms with E-state index < -0.39 is 6.10 Å². The second kappa shape index (κ2) is 7.96. The lowest BCUT2D eigenvalue weighted by Gasteiger charge is -2.17. The molecule has 0 bridgehead atoms. The fourth-order valence-corrected chi connectivity index (χ4v) is 3.15. The first-order chi connectivity index (χ1) is 10.6. The van der Waals surface area contributed by atoms with Crippen molar-refractivity contribution < 1.29 is 9.90 Å². The maximum absolute atomic E-state index is 11.9. The van der Waals surface area contributed by atoms with Gasteiger partial charge in [-0.1, -0.05) is 30.3 Å². The number of aryl methyl sites for hydroxylation is 1. The monoisotopic (exact) mass is 318 g/mol. The minimum absolute atomic E-state index is 0.0502. The Balaban J connectivity index is 1.76. The van der Waals surface area contributed by atoms with Gasteiger partial charge in [0, 0.05) is 23.9 Å². The van der Waals surface area contributed by atoms with Gasteiger partial charge < -0.3 is 15.7 Å². The Labute approximate surface area is 135 Å². The number of urea groups is 1. The van der Waals surface area contributed by atoms with E-state index in [0.29, 0.717) is 0 Å². The Morgan fingerprint density at radius 3 is 2.73 bits per heavy atom. The van der Waals surface area contributed by atoms with Crippen molar-refractivity contribution in [3.8, 4) is 0 Å². The highest BCUT2D eigenvalue weighted by atomic mass is 32.1. The van der Waals surface area contributed by atoms with Crippen molar-refractivity contribution in [2.45, 2.75) is 32.4 Å². The summed E-state index contributed by atoms with van der Waals surface area (Å²) >= 11 is 1.68. The third kappa shape index (κ3) is 4.86. The lowest BCUT2D eigenvalue weighted by atomic mass is 10.0. The average Bonchev–Trinajstić information content (AvgIpc) is 2.98. The van der Waals surface area contributed by atoms with Crippen molar-refractivity contribution in [3.63, 3.8) is 0 Å². The Hall–Kier alpha value is -1.85. The average molecular weight is 318 g/mol. The summed E-state index contributed by atoms with van der Waals surface area (Å²) < 4.78 is 0. The summed E-state index contributed by atoms with van der Waals surface area (Å²) in [6.07, 6.45) is 0.116. The number of aliphatic hydroxyl groups is 1. The largest absolute Gasteiger partial charge is 0.387 e. The fourth-order valence-electron chi connectivity index (χ4n) is 2.32. The molecule has 2 aromatic rings. The van der Waals surface area contributed by atoms with E-state index in [-0.39, 0.29) is 18.6 Å². The van der Waals surface area contributed by atoms with E-state index in [1.54, 1.807) is 11.3 Å². The summed E-state index contributed by atoms with van der Waals surface area (Å²) in [6, 6.07) is 11.5. The standard InChI is InChI=1S/C17H22N2O2S/c1-12-6-3-4-8-15(12)16(20)11-18-17(21)19-13(2)10-14-7-5-9-22-14/h3-9,13,16,20H,10-11H2,1-2H3,(H2,18,19,21). The van der Waals surface area contributed by atoms with Crippen LogP contribution in [0.3, 0.4) is 0 Å².